The topological polar surface area (TPSA) is 162 Å². The third-order valence-corrected chi connectivity index (χ3v) is 8.73. The highest BCUT2D eigenvalue weighted by molar-refractivity contribution is 5.98. The Morgan fingerprint density at radius 1 is 0.526 bits per heavy atom. The molecule has 0 spiro atoms. The minimum atomic E-state index is -1.11. The fourth-order valence-corrected chi connectivity index (χ4v) is 5.75. The number of amides is 2. The highest BCUT2D eigenvalue weighted by Gasteiger charge is 2.14. The van der Waals surface area contributed by atoms with Gasteiger partial charge in [-0.25, -0.2) is 18.4 Å². The number of nitrogens with one attached hydrogen (secondary N) is 2. The Morgan fingerprint density at radius 3 is 1.39 bits per heavy atom. The standard InChI is InChI=1S/C23H20FNO4.C22H18FNO4/c1-29-23(28)19-7-3-6-18(12-19)22(27)25-13-15-8-9-21(24)20(11-15)17-5-2-4-16(10-17)14-26;23-20-8-7-14(10-19(20)16-4-1-3-15(9-16)13-25)12-24-21(26)17-5-2-6-18(11-17)22(27)28/h2-12,26H,13-14H2,1H3,(H,25,27);1-11,25H,12-13H2,(H,24,26)(H,27,28). The molecule has 0 unspecified atom stereocenters. The van der Waals surface area contributed by atoms with Crippen LogP contribution in [0.25, 0.3) is 22.3 Å². The molecule has 5 N–H and O–H groups in total. The SMILES string of the molecule is COC(=O)c1cccc(C(=O)NCc2ccc(F)c(-c3cccc(CO)c3)c2)c1.O=C(O)c1cccc(C(=O)NCc2ccc(F)c(-c3cccc(CO)c3)c2)c1. The molecule has 0 saturated carbocycles. The zero-order valence-corrected chi connectivity index (χ0v) is 30.7. The van der Waals surface area contributed by atoms with Crippen molar-refractivity contribution < 1.29 is 48.0 Å². The second-order valence-corrected chi connectivity index (χ2v) is 12.7. The minimum Gasteiger partial charge on any atom is -0.478 e. The van der Waals surface area contributed by atoms with E-state index >= 15 is 0 Å². The molecule has 0 atom stereocenters. The van der Waals surface area contributed by atoms with E-state index in [1.807, 2.05) is 0 Å². The van der Waals surface area contributed by atoms with Crippen molar-refractivity contribution in [1.82, 2.24) is 10.6 Å². The number of aliphatic hydroxyl groups excluding tert-OH is 2. The van der Waals surface area contributed by atoms with E-state index in [0.717, 1.165) is 0 Å². The zero-order valence-electron chi connectivity index (χ0n) is 30.7. The maximum absolute atomic E-state index is 14.3. The van der Waals surface area contributed by atoms with Gasteiger partial charge in [-0.3, -0.25) is 9.59 Å². The minimum absolute atomic E-state index is 0.0282. The third-order valence-electron chi connectivity index (χ3n) is 8.73. The van der Waals surface area contributed by atoms with E-state index in [1.54, 1.807) is 91.0 Å². The number of hydrogen-bond donors (Lipinski definition) is 5. The van der Waals surface area contributed by atoms with Gasteiger partial charge < -0.3 is 30.7 Å². The predicted molar refractivity (Wildman–Crippen MR) is 209 cm³/mol. The molecular weight excluding hydrogens is 734 g/mol. The van der Waals surface area contributed by atoms with Crippen LogP contribution in [-0.4, -0.2) is 46.2 Å². The van der Waals surface area contributed by atoms with Crippen molar-refractivity contribution in [1.29, 1.82) is 0 Å². The Balaban J connectivity index is 0.000000218. The number of carboxylic acids is 1. The van der Waals surface area contributed by atoms with Crippen LogP contribution in [0, 0.1) is 11.6 Å². The number of methoxy groups -OCH3 is 1. The van der Waals surface area contributed by atoms with Gasteiger partial charge in [0.05, 0.1) is 31.5 Å². The maximum Gasteiger partial charge on any atom is 0.337 e. The second-order valence-electron chi connectivity index (χ2n) is 12.7. The predicted octanol–water partition coefficient (Wildman–Crippen LogP) is 7.31. The van der Waals surface area contributed by atoms with Crippen molar-refractivity contribution >= 4 is 23.8 Å². The van der Waals surface area contributed by atoms with Gasteiger partial charge in [0.1, 0.15) is 11.6 Å². The first-order valence-corrected chi connectivity index (χ1v) is 17.5. The van der Waals surface area contributed by atoms with E-state index < -0.39 is 23.7 Å². The summed E-state index contributed by atoms with van der Waals surface area (Å²) in [6, 6.07) is 35.0. The number of carbonyl (C=O) groups is 4. The number of aromatic carboxylic acids is 1. The van der Waals surface area contributed by atoms with Crippen molar-refractivity contribution in [2.75, 3.05) is 7.11 Å². The largest absolute Gasteiger partial charge is 0.478 e. The smallest absolute Gasteiger partial charge is 0.337 e. The summed E-state index contributed by atoms with van der Waals surface area (Å²) < 4.78 is 33.2. The van der Waals surface area contributed by atoms with Gasteiger partial charge >= 0.3 is 11.9 Å². The first-order valence-electron chi connectivity index (χ1n) is 17.5. The van der Waals surface area contributed by atoms with Crippen LogP contribution in [0.2, 0.25) is 0 Å². The van der Waals surface area contributed by atoms with Gasteiger partial charge in [0.25, 0.3) is 11.8 Å². The Kier molecular flexibility index (Phi) is 14.1. The van der Waals surface area contributed by atoms with Crippen LogP contribution in [-0.2, 0) is 31.0 Å². The summed E-state index contributed by atoms with van der Waals surface area (Å²) in [5.74, 6) is -3.20. The molecule has 0 aliphatic rings. The summed E-state index contributed by atoms with van der Waals surface area (Å²) in [6.07, 6.45) is 0. The Morgan fingerprint density at radius 2 is 0.947 bits per heavy atom. The van der Waals surface area contributed by atoms with Crippen LogP contribution in [0.4, 0.5) is 8.78 Å². The van der Waals surface area contributed by atoms with Crippen molar-refractivity contribution in [3.63, 3.8) is 0 Å². The van der Waals surface area contributed by atoms with Gasteiger partial charge in [0, 0.05) is 35.3 Å². The summed E-state index contributed by atoms with van der Waals surface area (Å²) in [5, 5.41) is 33.0. The number of ether oxygens (including phenoxy) is 1. The number of rotatable bonds is 12. The number of esters is 1. The molecule has 0 fully saturated rings. The molecule has 0 radical (unpaired) electrons. The summed E-state index contributed by atoms with van der Waals surface area (Å²) in [4.78, 5) is 47.3. The van der Waals surface area contributed by atoms with Crippen LogP contribution in [0.3, 0.4) is 0 Å². The van der Waals surface area contributed by atoms with Gasteiger partial charge in [0.2, 0.25) is 0 Å². The van der Waals surface area contributed by atoms with Crippen molar-refractivity contribution in [3.05, 3.63) is 190 Å². The molecule has 0 aromatic heterocycles. The van der Waals surface area contributed by atoms with E-state index in [0.29, 0.717) is 50.1 Å². The lowest BCUT2D eigenvalue weighted by Crippen LogP contribution is -2.23. The van der Waals surface area contributed by atoms with Gasteiger partial charge in [-0.05, 0) is 106 Å². The lowest BCUT2D eigenvalue weighted by Gasteiger charge is -2.10. The number of hydrogen-bond acceptors (Lipinski definition) is 7. The lowest BCUT2D eigenvalue weighted by molar-refractivity contribution is 0.0599. The van der Waals surface area contributed by atoms with Crippen LogP contribution >= 0.6 is 0 Å². The quantitative estimate of drug-likeness (QED) is 0.0809. The fourth-order valence-electron chi connectivity index (χ4n) is 5.75. The molecule has 0 aliphatic carbocycles. The Bertz CT molecular complexity index is 2420. The molecule has 6 aromatic rings. The number of carboxylic acid groups (broad SMARTS) is 1. The number of carbonyl (C=O) groups excluding carboxylic acids is 3. The number of halogens is 2. The Labute approximate surface area is 327 Å². The highest BCUT2D eigenvalue weighted by atomic mass is 19.1. The molecular formula is C45H38F2N2O8. The first-order chi connectivity index (χ1) is 27.5. The van der Waals surface area contributed by atoms with Crippen molar-refractivity contribution in [3.8, 4) is 22.3 Å². The van der Waals surface area contributed by atoms with Crippen LogP contribution in [0.5, 0.6) is 0 Å². The normalized spacial score (nSPS) is 10.5. The Hall–Kier alpha value is -7.02. The van der Waals surface area contributed by atoms with Gasteiger partial charge in [-0.1, -0.05) is 60.7 Å². The fraction of sp³-hybridized carbons (Fsp3) is 0.111. The van der Waals surface area contributed by atoms with E-state index in [1.165, 1.54) is 49.6 Å². The van der Waals surface area contributed by atoms with E-state index in [9.17, 15) is 38.2 Å². The summed E-state index contributed by atoms with van der Waals surface area (Å²) in [6.45, 7) is 0.0772. The summed E-state index contributed by atoms with van der Waals surface area (Å²) in [5.41, 5.74) is 5.67. The van der Waals surface area contributed by atoms with Crippen molar-refractivity contribution in [2.24, 2.45) is 0 Å². The monoisotopic (exact) mass is 772 g/mol. The number of aliphatic hydroxyl groups is 2. The molecule has 57 heavy (non-hydrogen) atoms. The van der Waals surface area contributed by atoms with E-state index in [4.69, 9.17) is 5.11 Å². The van der Waals surface area contributed by atoms with Gasteiger partial charge in [0.15, 0.2) is 0 Å². The average Bonchev–Trinajstić information content (AvgIpc) is 3.25. The molecule has 0 saturated heterocycles. The first kappa shape index (κ1) is 41.1. The van der Waals surface area contributed by atoms with Gasteiger partial charge in [-0.2, -0.15) is 0 Å². The molecule has 10 nitrogen and oxygen atoms in total. The molecule has 0 aliphatic heterocycles. The maximum atomic E-state index is 14.3. The van der Waals surface area contributed by atoms with Gasteiger partial charge in [-0.15, -0.1) is 0 Å². The summed E-state index contributed by atoms with van der Waals surface area (Å²) in [7, 11) is 1.28. The molecule has 12 heteroatoms. The second kappa shape index (κ2) is 19.5. The average molecular weight is 773 g/mol. The van der Waals surface area contributed by atoms with Crippen molar-refractivity contribution in [2.45, 2.75) is 26.3 Å². The number of benzene rings is 6. The molecule has 0 heterocycles. The zero-order chi connectivity index (χ0) is 40.9. The molecule has 6 aromatic carbocycles. The summed E-state index contributed by atoms with van der Waals surface area (Å²) >= 11 is 0. The molecule has 290 valence electrons. The molecule has 6 rings (SSSR count). The van der Waals surface area contributed by atoms with Crippen LogP contribution in [0.1, 0.15) is 63.7 Å². The lowest BCUT2D eigenvalue weighted by atomic mass is 10.0. The molecule has 2 amide bonds. The van der Waals surface area contributed by atoms with Crippen LogP contribution < -0.4 is 10.6 Å². The van der Waals surface area contributed by atoms with E-state index in [2.05, 4.69) is 15.4 Å². The third kappa shape index (κ3) is 11.0. The van der Waals surface area contributed by atoms with Crippen LogP contribution in [0.15, 0.2) is 133 Å². The van der Waals surface area contributed by atoms with E-state index in [-0.39, 0.29) is 54.7 Å². The highest BCUT2D eigenvalue weighted by Crippen LogP contribution is 2.26. The molecule has 0 bridgehead atoms.